The average Bonchev–Trinajstić information content (AvgIpc) is 0.829. The van der Waals surface area contributed by atoms with Crippen molar-refractivity contribution in [2.45, 2.75) is 354 Å². The van der Waals surface area contributed by atoms with Gasteiger partial charge in [-0.05, 0) is 58.5 Å². The van der Waals surface area contributed by atoms with Crippen LogP contribution in [0.1, 0.15) is 348 Å². The molecular formula is C84H155N5O20. The second-order valence-electron chi connectivity index (χ2n) is 30.8. The molecule has 0 rings (SSSR count). The molecule has 0 aliphatic rings. The Bertz CT molecular complexity index is 2190. The number of nitrogens with zero attached hydrogens (tertiary/aromatic N) is 5. The van der Waals surface area contributed by atoms with Gasteiger partial charge in [0.25, 0.3) is 0 Å². The van der Waals surface area contributed by atoms with Gasteiger partial charge in [-0.3, -0.25) is 57.9 Å². The molecular weight excluding hydrogens is 1400 g/mol. The van der Waals surface area contributed by atoms with Crippen LogP contribution in [0.3, 0.4) is 0 Å². The van der Waals surface area contributed by atoms with Crippen LogP contribution < -0.4 is 0 Å². The fraction of sp³-hybridized carbons (Fsp3) is 0.881. The Morgan fingerprint density at radius 1 is 0.303 bits per heavy atom. The highest BCUT2D eigenvalue weighted by Crippen LogP contribution is 2.26. The van der Waals surface area contributed by atoms with Gasteiger partial charge in [-0.2, -0.15) is 0 Å². The van der Waals surface area contributed by atoms with Gasteiger partial charge in [0.05, 0.1) is 45.9 Å². The van der Waals surface area contributed by atoms with E-state index in [-0.39, 0.29) is 65.0 Å². The number of carboxylic acid groups (broad SMARTS) is 5. The molecule has 0 bridgehead atoms. The highest BCUT2D eigenvalue weighted by atomic mass is 16.6. The van der Waals surface area contributed by atoms with Crippen LogP contribution in [-0.2, 0) is 66.8 Å². The molecule has 109 heavy (non-hydrogen) atoms. The minimum absolute atomic E-state index is 0.0799. The molecule has 636 valence electrons. The van der Waals surface area contributed by atoms with E-state index in [4.69, 9.17) is 23.7 Å². The molecule has 0 aliphatic carbocycles. The molecule has 0 heterocycles. The zero-order valence-corrected chi connectivity index (χ0v) is 69.0. The van der Waals surface area contributed by atoms with Gasteiger partial charge in [-0.25, -0.2) is 4.79 Å². The molecule has 0 aromatic carbocycles. The monoisotopic (exact) mass is 1550 g/mol. The minimum atomic E-state index is -1.75. The summed E-state index contributed by atoms with van der Waals surface area (Å²) in [5.74, 6) is -8.67. The summed E-state index contributed by atoms with van der Waals surface area (Å²) in [6.45, 7) is 3.26. The number of aliphatic carboxylic acids is 5. The number of ether oxygens (including phenoxy) is 5. The highest BCUT2D eigenvalue weighted by molar-refractivity contribution is 5.80. The van der Waals surface area contributed by atoms with Crippen molar-refractivity contribution in [3.05, 3.63) is 0 Å². The first-order valence-electron chi connectivity index (χ1n) is 43.1. The standard InChI is InChI=1S/C84H155N5O20/c1-6-9-12-15-18-21-24-27-30-33-37-42-47-54-79(100)107-70-84(71-108-80(101)55-48-43-38-34-31-28-25-22-19-16-13-10-7-2,72-109-81(102)56-49-44-39-35-32-29-26-23-20-17-14-11-8-3)82(103)105-62-51-46-41-36-40-45-50-57-85(4)58-59-86(5)83(104)106-63-52-53-73(89(68-77(96)97)69-78(98)99)64-87(65-74(90)91)60-61-88(66-75(92)93)67-76(94)95/h73H,6-72H2,1-5H3,(H,90,91)(H,92,93)(H,94,95)(H,96,97)(H,98,99). The van der Waals surface area contributed by atoms with E-state index in [1.807, 2.05) is 7.05 Å². The topological polar surface area (TPSA) is 334 Å². The number of esters is 4. The molecule has 25 heteroatoms. The van der Waals surface area contributed by atoms with E-state index in [0.29, 0.717) is 38.8 Å². The summed E-state index contributed by atoms with van der Waals surface area (Å²) in [5, 5.41) is 47.5. The maximum absolute atomic E-state index is 14.5. The van der Waals surface area contributed by atoms with Crippen LogP contribution in [0.25, 0.3) is 0 Å². The molecule has 1 amide bonds. The van der Waals surface area contributed by atoms with Crippen LogP contribution >= 0.6 is 0 Å². The van der Waals surface area contributed by atoms with Crippen molar-refractivity contribution in [3.8, 4) is 0 Å². The van der Waals surface area contributed by atoms with E-state index in [1.165, 1.54) is 183 Å². The quantitative estimate of drug-likeness (QED) is 0.0214. The number of carboxylic acids is 5. The summed E-state index contributed by atoms with van der Waals surface area (Å²) in [6, 6.07) is -0.868. The Kier molecular flexibility index (Phi) is 68.8. The summed E-state index contributed by atoms with van der Waals surface area (Å²) in [5.41, 5.74) is -1.75. The van der Waals surface area contributed by atoms with E-state index >= 15 is 0 Å². The minimum Gasteiger partial charge on any atom is -0.480 e. The summed E-state index contributed by atoms with van der Waals surface area (Å²) in [4.78, 5) is 133. The lowest BCUT2D eigenvalue weighted by Gasteiger charge is -2.34. The molecule has 1 unspecified atom stereocenters. The third-order valence-corrected chi connectivity index (χ3v) is 20.3. The number of carbonyl (C=O) groups is 10. The molecule has 0 aromatic heterocycles. The zero-order valence-electron chi connectivity index (χ0n) is 69.0. The maximum atomic E-state index is 14.5. The Morgan fingerprint density at radius 3 is 0.936 bits per heavy atom. The number of hydrogen-bond donors (Lipinski definition) is 5. The van der Waals surface area contributed by atoms with Crippen LogP contribution in [-0.4, -0.2) is 235 Å². The van der Waals surface area contributed by atoms with Crippen LogP contribution in [0.4, 0.5) is 4.79 Å². The molecule has 0 saturated carbocycles. The third kappa shape index (κ3) is 65.6. The number of hydrogen-bond acceptors (Lipinski definition) is 19. The lowest BCUT2D eigenvalue weighted by molar-refractivity contribution is -0.180. The van der Waals surface area contributed by atoms with Gasteiger partial charge in [0.15, 0.2) is 5.41 Å². The van der Waals surface area contributed by atoms with Crippen molar-refractivity contribution in [2.24, 2.45) is 5.41 Å². The summed E-state index contributed by atoms with van der Waals surface area (Å²) >= 11 is 0. The molecule has 0 saturated heterocycles. The van der Waals surface area contributed by atoms with Crippen molar-refractivity contribution in [2.75, 3.05) is 119 Å². The van der Waals surface area contributed by atoms with E-state index < -0.39 is 124 Å². The number of carbonyl (C=O) groups excluding carboxylic acids is 5. The summed E-state index contributed by atoms with van der Waals surface area (Å²) in [6.07, 6.45) is 51.8. The van der Waals surface area contributed by atoms with Gasteiger partial charge in [0.1, 0.15) is 19.8 Å². The van der Waals surface area contributed by atoms with E-state index in [0.717, 1.165) is 113 Å². The van der Waals surface area contributed by atoms with E-state index in [2.05, 4.69) is 25.7 Å². The Labute approximate surface area is 657 Å². The van der Waals surface area contributed by atoms with Gasteiger partial charge in [-0.15, -0.1) is 0 Å². The number of likely N-dealkylation sites (N-methyl/N-ethyl adjacent to an activating group) is 2. The molecule has 1 atom stereocenters. The molecule has 0 fully saturated rings. The van der Waals surface area contributed by atoms with Crippen molar-refractivity contribution >= 4 is 59.8 Å². The van der Waals surface area contributed by atoms with Gasteiger partial charge < -0.3 is 59.0 Å². The molecule has 0 aliphatic heterocycles. The Morgan fingerprint density at radius 2 is 0.596 bits per heavy atom. The molecule has 0 spiro atoms. The SMILES string of the molecule is CCCCCCCCCCCCCCCC(=O)OCC(COC(=O)CCCCCCCCCCCCCCC)(COC(=O)CCCCCCCCCCCCCCC)C(=O)OCCCCCCCCCN(C)CCN(C)C(=O)OCCCC(CN(CCN(CC(=O)O)CC(=O)O)CC(=O)O)N(CC(=O)O)CC(=O)O. The van der Waals surface area contributed by atoms with Crippen molar-refractivity contribution in [3.63, 3.8) is 0 Å². The van der Waals surface area contributed by atoms with Crippen molar-refractivity contribution < 1.29 is 97.2 Å². The summed E-state index contributed by atoms with van der Waals surface area (Å²) < 4.78 is 29.1. The van der Waals surface area contributed by atoms with Crippen LogP contribution in [0.2, 0.25) is 0 Å². The van der Waals surface area contributed by atoms with Crippen LogP contribution in [0, 0.1) is 5.41 Å². The first-order valence-corrected chi connectivity index (χ1v) is 43.1. The zero-order chi connectivity index (χ0) is 80.6. The third-order valence-electron chi connectivity index (χ3n) is 20.3. The lowest BCUT2D eigenvalue weighted by Crippen LogP contribution is -2.50. The number of unbranched alkanes of at least 4 members (excludes halogenated alkanes) is 42. The van der Waals surface area contributed by atoms with Gasteiger partial charge in [0.2, 0.25) is 0 Å². The fourth-order valence-electron chi connectivity index (χ4n) is 13.5. The van der Waals surface area contributed by atoms with E-state index in [1.54, 1.807) is 7.05 Å². The molecule has 0 aromatic rings. The Hall–Kier alpha value is -5.66. The molecule has 25 nitrogen and oxygen atoms in total. The number of rotatable bonds is 82. The first kappa shape index (κ1) is 103. The molecule has 5 N–H and O–H groups in total. The van der Waals surface area contributed by atoms with Gasteiger partial charge in [-0.1, -0.05) is 284 Å². The van der Waals surface area contributed by atoms with E-state index in [9.17, 15) is 73.5 Å². The average molecular weight is 1560 g/mol. The van der Waals surface area contributed by atoms with Crippen molar-refractivity contribution in [1.29, 1.82) is 0 Å². The van der Waals surface area contributed by atoms with Crippen molar-refractivity contribution in [1.82, 2.24) is 24.5 Å². The van der Waals surface area contributed by atoms with Gasteiger partial charge >= 0.3 is 59.8 Å². The maximum Gasteiger partial charge on any atom is 0.409 e. The molecule has 0 radical (unpaired) electrons. The second-order valence-corrected chi connectivity index (χ2v) is 30.8. The van der Waals surface area contributed by atoms with Gasteiger partial charge in [0, 0.05) is 65.1 Å². The first-order chi connectivity index (χ1) is 52.6. The second kappa shape index (κ2) is 72.6. The number of amides is 1. The van der Waals surface area contributed by atoms with Crippen LogP contribution in [0.5, 0.6) is 0 Å². The van der Waals surface area contributed by atoms with Crippen LogP contribution in [0.15, 0.2) is 0 Å². The highest BCUT2D eigenvalue weighted by Gasteiger charge is 2.45. The normalized spacial score (nSPS) is 11.9. The predicted molar refractivity (Wildman–Crippen MR) is 427 cm³/mol. The fourth-order valence-corrected chi connectivity index (χ4v) is 13.5. The largest absolute Gasteiger partial charge is 0.480 e. The smallest absolute Gasteiger partial charge is 0.409 e. The summed E-state index contributed by atoms with van der Waals surface area (Å²) in [7, 11) is 3.55. The Balaban J connectivity index is 5.70. The lowest BCUT2D eigenvalue weighted by atomic mass is 9.91. The predicted octanol–water partition coefficient (Wildman–Crippen LogP) is 16.8.